The highest BCUT2D eigenvalue weighted by atomic mass is 35.5. The standard InChI is InChI=1S/C24H29ClN6O2/c1-16-15-26-24(27-17-5-7-18(8-6-17)31-11-9-30(2)10-12-31)29-23(16)28-20-14-21(32-3)19(25)13-22(20)33-4/h5-8,13-15H,9-12H2,1-4H3,(H2,26,27,28,29). The first kappa shape index (κ1) is 22.9. The molecule has 1 aliphatic rings. The first-order chi connectivity index (χ1) is 16.0. The van der Waals surface area contributed by atoms with Crippen LogP contribution in [0.4, 0.5) is 28.8 Å². The van der Waals surface area contributed by atoms with Crippen LogP contribution in [0.3, 0.4) is 0 Å². The largest absolute Gasteiger partial charge is 0.495 e. The number of anilines is 5. The maximum Gasteiger partial charge on any atom is 0.229 e. The third-order valence-electron chi connectivity index (χ3n) is 5.69. The van der Waals surface area contributed by atoms with Crippen LogP contribution < -0.4 is 25.0 Å². The fourth-order valence-corrected chi connectivity index (χ4v) is 3.89. The van der Waals surface area contributed by atoms with Crippen LogP contribution in [0, 0.1) is 6.92 Å². The summed E-state index contributed by atoms with van der Waals surface area (Å²) < 4.78 is 10.8. The van der Waals surface area contributed by atoms with Gasteiger partial charge in [0.05, 0.1) is 24.9 Å². The van der Waals surface area contributed by atoms with Gasteiger partial charge in [0.15, 0.2) is 0 Å². The van der Waals surface area contributed by atoms with E-state index in [2.05, 4.69) is 61.7 Å². The molecule has 174 valence electrons. The predicted molar refractivity (Wildman–Crippen MR) is 134 cm³/mol. The van der Waals surface area contributed by atoms with Crippen LogP contribution >= 0.6 is 11.6 Å². The lowest BCUT2D eigenvalue weighted by molar-refractivity contribution is 0.313. The number of aryl methyl sites for hydroxylation is 1. The summed E-state index contributed by atoms with van der Waals surface area (Å²) >= 11 is 6.22. The van der Waals surface area contributed by atoms with Crippen molar-refractivity contribution in [3.8, 4) is 11.5 Å². The Kier molecular flexibility index (Phi) is 7.05. The normalized spacial score (nSPS) is 14.2. The zero-order chi connectivity index (χ0) is 23.4. The van der Waals surface area contributed by atoms with Crippen LogP contribution in [0.5, 0.6) is 11.5 Å². The lowest BCUT2D eigenvalue weighted by atomic mass is 10.2. The van der Waals surface area contributed by atoms with Crippen molar-refractivity contribution in [1.29, 1.82) is 0 Å². The number of halogens is 1. The molecule has 0 aliphatic carbocycles. The Hall–Kier alpha value is -3.23. The minimum atomic E-state index is 0.474. The third kappa shape index (κ3) is 5.40. The monoisotopic (exact) mass is 468 g/mol. The van der Waals surface area contributed by atoms with Gasteiger partial charge in [-0.25, -0.2) is 4.98 Å². The molecule has 8 nitrogen and oxygen atoms in total. The first-order valence-corrected chi connectivity index (χ1v) is 11.2. The topological polar surface area (TPSA) is 74.8 Å². The van der Waals surface area contributed by atoms with E-state index in [9.17, 15) is 0 Å². The van der Waals surface area contributed by atoms with Crippen molar-refractivity contribution in [3.63, 3.8) is 0 Å². The molecule has 9 heteroatoms. The van der Waals surface area contributed by atoms with Gasteiger partial charge in [0, 0.05) is 61.4 Å². The van der Waals surface area contributed by atoms with Crippen molar-refractivity contribution in [2.45, 2.75) is 6.92 Å². The highest BCUT2D eigenvalue weighted by Crippen LogP contribution is 2.37. The Labute approximate surface area is 199 Å². The van der Waals surface area contributed by atoms with E-state index < -0.39 is 0 Å². The van der Waals surface area contributed by atoms with Crippen LogP contribution in [0.15, 0.2) is 42.6 Å². The molecule has 0 radical (unpaired) electrons. The maximum absolute atomic E-state index is 6.22. The third-order valence-corrected chi connectivity index (χ3v) is 5.99. The number of nitrogens with zero attached hydrogens (tertiary/aromatic N) is 4. The molecule has 2 aromatic carbocycles. The van der Waals surface area contributed by atoms with Crippen LogP contribution in [0.2, 0.25) is 5.02 Å². The molecule has 1 fully saturated rings. The molecule has 0 spiro atoms. The summed E-state index contributed by atoms with van der Waals surface area (Å²) in [5, 5.41) is 7.07. The summed E-state index contributed by atoms with van der Waals surface area (Å²) in [7, 11) is 5.33. The van der Waals surface area contributed by atoms with Crippen molar-refractivity contribution in [3.05, 3.63) is 53.2 Å². The predicted octanol–water partition coefficient (Wildman–Crippen LogP) is 4.69. The van der Waals surface area contributed by atoms with Gasteiger partial charge < -0.3 is 29.9 Å². The number of likely N-dealkylation sites (N-methyl/N-ethyl adjacent to an activating group) is 1. The number of rotatable bonds is 7. The van der Waals surface area contributed by atoms with E-state index in [0.717, 1.165) is 37.4 Å². The molecule has 0 saturated carbocycles. The summed E-state index contributed by atoms with van der Waals surface area (Å²) in [6.45, 7) is 6.18. The average molecular weight is 469 g/mol. The Morgan fingerprint density at radius 1 is 0.939 bits per heavy atom. The Balaban J connectivity index is 1.50. The summed E-state index contributed by atoms with van der Waals surface area (Å²) in [4.78, 5) is 13.8. The summed E-state index contributed by atoms with van der Waals surface area (Å²) in [6, 6.07) is 11.9. The summed E-state index contributed by atoms with van der Waals surface area (Å²) in [6.07, 6.45) is 1.77. The molecule has 2 heterocycles. The van der Waals surface area contributed by atoms with Gasteiger partial charge in [-0.15, -0.1) is 0 Å². The number of hydrogen-bond donors (Lipinski definition) is 2. The first-order valence-electron chi connectivity index (χ1n) is 10.8. The number of benzene rings is 2. The van der Waals surface area contributed by atoms with E-state index in [1.165, 1.54) is 5.69 Å². The average Bonchev–Trinajstić information content (AvgIpc) is 2.83. The van der Waals surface area contributed by atoms with Crippen molar-refractivity contribution in [1.82, 2.24) is 14.9 Å². The fourth-order valence-electron chi connectivity index (χ4n) is 3.66. The van der Waals surface area contributed by atoms with E-state index in [0.29, 0.717) is 34.0 Å². The van der Waals surface area contributed by atoms with E-state index in [4.69, 9.17) is 21.1 Å². The van der Waals surface area contributed by atoms with Gasteiger partial charge in [0.25, 0.3) is 0 Å². The fraction of sp³-hybridized carbons (Fsp3) is 0.333. The van der Waals surface area contributed by atoms with Gasteiger partial charge >= 0.3 is 0 Å². The van der Waals surface area contributed by atoms with Gasteiger partial charge in [0.1, 0.15) is 17.3 Å². The number of aromatic nitrogens is 2. The second kappa shape index (κ2) is 10.1. The quantitative estimate of drug-likeness (QED) is 0.517. The van der Waals surface area contributed by atoms with Crippen molar-refractivity contribution in [2.75, 3.05) is 63.0 Å². The van der Waals surface area contributed by atoms with Crippen molar-refractivity contribution in [2.24, 2.45) is 0 Å². The van der Waals surface area contributed by atoms with E-state index in [1.807, 2.05) is 6.92 Å². The molecule has 1 aliphatic heterocycles. The second-order valence-corrected chi connectivity index (χ2v) is 8.41. The molecule has 4 rings (SSSR count). The maximum atomic E-state index is 6.22. The minimum Gasteiger partial charge on any atom is -0.495 e. The van der Waals surface area contributed by atoms with Crippen LogP contribution in [0.1, 0.15) is 5.56 Å². The molecule has 0 unspecified atom stereocenters. The van der Waals surface area contributed by atoms with Crippen molar-refractivity contribution < 1.29 is 9.47 Å². The van der Waals surface area contributed by atoms with Gasteiger partial charge in [0.2, 0.25) is 5.95 Å². The van der Waals surface area contributed by atoms with Gasteiger partial charge in [-0.1, -0.05) is 11.6 Å². The zero-order valence-corrected chi connectivity index (χ0v) is 20.1. The highest BCUT2D eigenvalue weighted by Gasteiger charge is 2.15. The molecular formula is C24H29ClN6O2. The molecule has 0 amide bonds. The second-order valence-electron chi connectivity index (χ2n) is 8.00. The summed E-state index contributed by atoms with van der Waals surface area (Å²) in [5.74, 6) is 2.29. The van der Waals surface area contributed by atoms with Crippen LogP contribution in [0.25, 0.3) is 0 Å². The van der Waals surface area contributed by atoms with Gasteiger partial charge in [-0.05, 0) is 38.2 Å². The van der Waals surface area contributed by atoms with Gasteiger partial charge in [-0.2, -0.15) is 4.98 Å². The van der Waals surface area contributed by atoms with E-state index in [-0.39, 0.29) is 0 Å². The molecule has 1 aromatic heterocycles. The van der Waals surface area contributed by atoms with Crippen LogP contribution in [-0.2, 0) is 0 Å². The molecule has 3 aromatic rings. The smallest absolute Gasteiger partial charge is 0.229 e. The number of ether oxygens (including phenoxy) is 2. The molecular weight excluding hydrogens is 440 g/mol. The molecule has 2 N–H and O–H groups in total. The highest BCUT2D eigenvalue weighted by molar-refractivity contribution is 6.32. The molecule has 1 saturated heterocycles. The van der Waals surface area contributed by atoms with Crippen molar-refractivity contribution >= 4 is 40.4 Å². The lowest BCUT2D eigenvalue weighted by Crippen LogP contribution is -2.44. The Bertz CT molecular complexity index is 1100. The lowest BCUT2D eigenvalue weighted by Gasteiger charge is -2.34. The zero-order valence-electron chi connectivity index (χ0n) is 19.4. The van der Waals surface area contributed by atoms with E-state index in [1.54, 1.807) is 32.5 Å². The van der Waals surface area contributed by atoms with Crippen LogP contribution in [-0.4, -0.2) is 62.3 Å². The molecule has 33 heavy (non-hydrogen) atoms. The molecule has 0 bridgehead atoms. The number of hydrogen-bond acceptors (Lipinski definition) is 8. The molecule has 0 atom stereocenters. The number of nitrogens with one attached hydrogen (secondary N) is 2. The van der Waals surface area contributed by atoms with E-state index >= 15 is 0 Å². The number of methoxy groups -OCH3 is 2. The number of piperazine rings is 1. The summed E-state index contributed by atoms with van der Waals surface area (Å²) in [5.41, 5.74) is 3.74. The Morgan fingerprint density at radius 3 is 2.30 bits per heavy atom. The van der Waals surface area contributed by atoms with Gasteiger partial charge in [-0.3, -0.25) is 0 Å². The Morgan fingerprint density at radius 2 is 1.64 bits per heavy atom. The SMILES string of the molecule is COc1cc(Nc2nc(Nc3ccc(N4CCN(C)CC4)cc3)ncc2C)c(OC)cc1Cl. The minimum absolute atomic E-state index is 0.474.